The minimum absolute atomic E-state index is 0. The number of benzene rings is 1. The highest BCUT2D eigenvalue weighted by Gasteiger charge is 2.40. The van der Waals surface area contributed by atoms with Gasteiger partial charge in [-0.2, -0.15) is 0 Å². The van der Waals surface area contributed by atoms with Crippen LogP contribution in [0.4, 0.5) is 4.39 Å². The topological polar surface area (TPSA) is 64.4 Å². The Morgan fingerprint density at radius 3 is 2.72 bits per heavy atom. The molecule has 140 valence electrons. The third-order valence-electron chi connectivity index (χ3n) is 5.32. The second-order valence-corrected chi connectivity index (χ2v) is 8.11. The molecule has 25 heavy (non-hydrogen) atoms. The van der Waals surface area contributed by atoms with Gasteiger partial charge in [0.05, 0.1) is 12.0 Å². The van der Waals surface area contributed by atoms with Crippen molar-refractivity contribution in [3.8, 4) is 5.75 Å². The maximum absolute atomic E-state index is 13.5. The molecule has 0 spiro atoms. The molecule has 1 aliphatic carbocycles. The first-order chi connectivity index (χ1) is 11.2. The van der Waals surface area contributed by atoms with E-state index in [0.717, 1.165) is 31.2 Å². The highest BCUT2D eigenvalue weighted by Crippen LogP contribution is 2.40. The summed E-state index contributed by atoms with van der Waals surface area (Å²) in [6.07, 6.45) is 4.44. The van der Waals surface area contributed by atoms with Gasteiger partial charge in [-0.15, -0.1) is 12.4 Å². The van der Waals surface area contributed by atoms with E-state index in [9.17, 15) is 9.18 Å². The molecule has 1 aromatic rings. The quantitative estimate of drug-likeness (QED) is 0.830. The van der Waals surface area contributed by atoms with Gasteiger partial charge in [0.15, 0.2) is 0 Å². The Morgan fingerprint density at radius 2 is 2.04 bits per heavy atom. The maximum atomic E-state index is 13.5. The lowest BCUT2D eigenvalue weighted by molar-refractivity contribution is -0.129. The number of rotatable bonds is 2. The Bertz CT molecular complexity index is 648. The average Bonchev–Trinajstić information content (AvgIpc) is 2.44. The number of amides is 1. The van der Waals surface area contributed by atoms with Crippen molar-refractivity contribution in [2.24, 2.45) is 11.7 Å². The minimum Gasteiger partial charge on any atom is -0.487 e. The maximum Gasteiger partial charge on any atom is 0.225 e. The summed E-state index contributed by atoms with van der Waals surface area (Å²) in [6.45, 7) is 5.87. The predicted octanol–water partition coefficient (Wildman–Crippen LogP) is 3.87. The Morgan fingerprint density at radius 1 is 1.32 bits per heavy atom. The van der Waals surface area contributed by atoms with Crippen LogP contribution in [0.1, 0.15) is 64.5 Å². The molecule has 3 unspecified atom stereocenters. The van der Waals surface area contributed by atoms with Crippen molar-refractivity contribution in [2.45, 2.75) is 70.1 Å². The lowest BCUT2D eigenvalue weighted by Crippen LogP contribution is -2.54. The summed E-state index contributed by atoms with van der Waals surface area (Å²) in [6, 6.07) is 4.32. The lowest BCUT2D eigenvalue weighted by atomic mass is 9.74. The number of fused-ring (bicyclic) bond motifs is 1. The Balaban J connectivity index is 0.00000225. The number of hydrogen-bond acceptors (Lipinski definition) is 3. The lowest BCUT2D eigenvalue weighted by Gasteiger charge is -2.41. The molecule has 1 aromatic carbocycles. The molecule has 1 amide bonds. The molecular weight excluding hydrogens is 343 g/mol. The fraction of sp³-hybridized carbons (Fsp3) is 0.632. The molecule has 3 N–H and O–H groups in total. The van der Waals surface area contributed by atoms with E-state index in [2.05, 4.69) is 5.32 Å². The predicted molar refractivity (Wildman–Crippen MR) is 98.4 cm³/mol. The average molecular weight is 371 g/mol. The summed E-state index contributed by atoms with van der Waals surface area (Å²) >= 11 is 0. The van der Waals surface area contributed by atoms with Crippen molar-refractivity contribution < 1.29 is 13.9 Å². The van der Waals surface area contributed by atoms with Crippen LogP contribution in [-0.2, 0) is 4.79 Å². The van der Waals surface area contributed by atoms with E-state index in [1.807, 2.05) is 20.8 Å². The van der Waals surface area contributed by atoms with Gasteiger partial charge in [0.25, 0.3) is 0 Å². The molecule has 6 heteroatoms. The summed E-state index contributed by atoms with van der Waals surface area (Å²) in [4.78, 5) is 12.9. The Labute approximate surface area is 155 Å². The zero-order valence-electron chi connectivity index (χ0n) is 15.1. The van der Waals surface area contributed by atoms with E-state index in [0.29, 0.717) is 12.2 Å². The number of carbonyl (C=O) groups is 1. The largest absolute Gasteiger partial charge is 0.487 e. The summed E-state index contributed by atoms with van der Waals surface area (Å²) in [5.74, 6) is -0.00664. The van der Waals surface area contributed by atoms with E-state index in [-0.39, 0.29) is 36.1 Å². The van der Waals surface area contributed by atoms with Gasteiger partial charge in [-0.25, -0.2) is 4.39 Å². The molecule has 0 saturated heterocycles. The molecule has 2 aliphatic rings. The Hall–Kier alpha value is -1.33. The minimum atomic E-state index is -0.464. The first-order valence-corrected chi connectivity index (χ1v) is 8.76. The number of carbonyl (C=O) groups excluding carboxylic acids is 1. The fourth-order valence-corrected chi connectivity index (χ4v) is 4.02. The molecule has 1 aliphatic heterocycles. The van der Waals surface area contributed by atoms with Crippen LogP contribution in [-0.4, -0.2) is 17.0 Å². The van der Waals surface area contributed by atoms with Crippen LogP contribution in [0.25, 0.3) is 0 Å². The second kappa shape index (κ2) is 7.12. The molecule has 0 bridgehead atoms. The van der Waals surface area contributed by atoms with Crippen LogP contribution in [0.3, 0.4) is 0 Å². The van der Waals surface area contributed by atoms with Gasteiger partial charge in [-0.3, -0.25) is 4.79 Å². The first kappa shape index (κ1) is 20.0. The molecule has 1 heterocycles. The van der Waals surface area contributed by atoms with Gasteiger partial charge in [0.1, 0.15) is 17.2 Å². The third kappa shape index (κ3) is 4.26. The molecular formula is C19H28ClFN2O2. The summed E-state index contributed by atoms with van der Waals surface area (Å²) in [5.41, 5.74) is 6.27. The first-order valence-electron chi connectivity index (χ1n) is 8.76. The van der Waals surface area contributed by atoms with Crippen molar-refractivity contribution in [1.29, 1.82) is 0 Å². The zero-order chi connectivity index (χ0) is 17.5. The molecule has 1 saturated carbocycles. The summed E-state index contributed by atoms with van der Waals surface area (Å²) < 4.78 is 19.4. The van der Waals surface area contributed by atoms with Crippen LogP contribution in [0.15, 0.2) is 18.2 Å². The van der Waals surface area contributed by atoms with E-state index in [1.54, 1.807) is 6.07 Å². The van der Waals surface area contributed by atoms with Crippen molar-refractivity contribution in [2.75, 3.05) is 0 Å². The highest BCUT2D eigenvalue weighted by atomic mass is 35.5. The number of halogens is 2. The highest BCUT2D eigenvalue weighted by molar-refractivity contribution is 5.85. The van der Waals surface area contributed by atoms with Gasteiger partial charge in [-0.1, -0.05) is 18.9 Å². The monoisotopic (exact) mass is 370 g/mol. The van der Waals surface area contributed by atoms with Crippen molar-refractivity contribution in [3.05, 3.63) is 29.6 Å². The molecule has 4 nitrogen and oxygen atoms in total. The van der Waals surface area contributed by atoms with Gasteiger partial charge >= 0.3 is 0 Å². The molecule has 3 atom stereocenters. The SMILES string of the molecule is CC1(C)CC(NC(=O)C2CCCCC2(C)N)c2ccc(F)cc2O1.Cl. The standard InChI is InChI=1S/C19H27FN2O2.ClH/c1-18(2)11-15(13-8-7-12(20)10-16(13)24-18)22-17(23)14-6-4-5-9-19(14,3)21;/h7-8,10,14-15H,4-6,9,11,21H2,1-3H3,(H,22,23);1H. The van der Waals surface area contributed by atoms with Crippen LogP contribution in [0.2, 0.25) is 0 Å². The zero-order valence-corrected chi connectivity index (χ0v) is 15.9. The van der Waals surface area contributed by atoms with Gasteiger partial charge in [0.2, 0.25) is 5.91 Å². The molecule has 1 fully saturated rings. The normalized spacial score (nSPS) is 30.4. The number of nitrogens with two attached hydrogens (primary N) is 1. The van der Waals surface area contributed by atoms with Gasteiger partial charge in [-0.05, 0) is 39.7 Å². The smallest absolute Gasteiger partial charge is 0.225 e. The number of ether oxygens (including phenoxy) is 1. The number of hydrogen-bond donors (Lipinski definition) is 2. The van der Waals surface area contributed by atoms with E-state index < -0.39 is 11.1 Å². The molecule has 0 aromatic heterocycles. The van der Waals surface area contributed by atoms with Gasteiger partial charge in [0, 0.05) is 23.6 Å². The van der Waals surface area contributed by atoms with Crippen LogP contribution in [0.5, 0.6) is 5.75 Å². The molecule has 3 rings (SSSR count). The van der Waals surface area contributed by atoms with E-state index in [1.165, 1.54) is 12.1 Å². The van der Waals surface area contributed by atoms with Crippen molar-refractivity contribution in [1.82, 2.24) is 5.32 Å². The summed E-state index contributed by atoms with van der Waals surface area (Å²) in [5, 5.41) is 3.15. The summed E-state index contributed by atoms with van der Waals surface area (Å²) in [7, 11) is 0. The third-order valence-corrected chi connectivity index (χ3v) is 5.32. The fourth-order valence-electron chi connectivity index (χ4n) is 4.02. The van der Waals surface area contributed by atoms with Crippen LogP contribution in [0, 0.1) is 11.7 Å². The van der Waals surface area contributed by atoms with Crippen LogP contribution >= 0.6 is 12.4 Å². The van der Waals surface area contributed by atoms with Gasteiger partial charge < -0.3 is 15.8 Å². The Kier molecular flexibility index (Phi) is 5.69. The van der Waals surface area contributed by atoms with E-state index >= 15 is 0 Å². The van der Waals surface area contributed by atoms with Crippen molar-refractivity contribution in [3.63, 3.8) is 0 Å². The second-order valence-electron chi connectivity index (χ2n) is 8.11. The van der Waals surface area contributed by atoms with Crippen LogP contribution < -0.4 is 15.8 Å². The van der Waals surface area contributed by atoms with Crippen molar-refractivity contribution >= 4 is 18.3 Å². The number of nitrogens with one attached hydrogen (secondary N) is 1. The van der Waals surface area contributed by atoms with E-state index in [4.69, 9.17) is 10.5 Å². The molecule has 0 radical (unpaired) electrons.